The third-order valence-electron chi connectivity index (χ3n) is 4.02. The molecule has 0 aliphatic heterocycles. The summed E-state index contributed by atoms with van der Waals surface area (Å²) in [6, 6.07) is 10.2. The maximum absolute atomic E-state index is 11.5. The fraction of sp³-hybridized carbons (Fsp3) is 0.278. The van der Waals surface area contributed by atoms with Crippen molar-refractivity contribution >= 4 is 22.3 Å². The number of aryl methyl sites for hydroxylation is 1. The van der Waals surface area contributed by atoms with Gasteiger partial charge in [-0.1, -0.05) is 12.1 Å². The Kier molecular flexibility index (Phi) is 4.18. The molecule has 1 heterocycles. The number of nitro benzene ring substituents is 1. The molecule has 0 unspecified atom stereocenters. The molecule has 0 aliphatic rings. The number of fused-ring (bicyclic) bond motifs is 1. The van der Waals surface area contributed by atoms with Crippen LogP contribution in [-0.4, -0.2) is 25.4 Å². The normalized spacial score (nSPS) is 11.8. The van der Waals surface area contributed by atoms with Crippen molar-refractivity contribution in [3.8, 4) is 11.1 Å². The fourth-order valence-electron chi connectivity index (χ4n) is 2.70. The lowest BCUT2D eigenvalue weighted by molar-refractivity contribution is -0.384. The summed E-state index contributed by atoms with van der Waals surface area (Å²) in [5.74, 6) is 0. The van der Waals surface area contributed by atoms with E-state index in [1.54, 1.807) is 55.1 Å². The lowest BCUT2D eigenvalue weighted by Crippen LogP contribution is -2.21. The van der Waals surface area contributed by atoms with Crippen molar-refractivity contribution in [2.24, 2.45) is 0 Å². The van der Waals surface area contributed by atoms with E-state index in [-0.39, 0.29) is 5.69 Å². The first-order chi connectivity index (χ1) is 11.7. The second kappa shape index (κ2) is 6.18. The van der Waals surface area contributed by atoms with Crippen molar-refractivity contribution in [2.75, 3.05) is 5.73 Å². The Balaban J connectivity index is 2.07. The Morgan fingerprint density at radius 1 is 1.32 bits per heavy atom. The number of nitrogen functional groups attached to an aromatic ring is 1. The lowest BCUT2D eigenvalue weighted by atomic mass is 10.0. The largest absolute Gasteiger partial charge is 0.399 e. The molecule has 25 heavy (non-hydrogen) atoms. The molecule has 0 bridgehead atoms. The lowest BCUT2D eigenvalue weighted by Gasteiger charge is -2.16. The summed E-state index contributed by atoms with van der Waals surface area (Å²) in [5, 5.41) is 26.5. The SMILES string of the molecule is CC(C)(O)CCn1cc2cc([N+](=O)[O-])c(-c3cccc(N)c3)cc2n1. The minimum atomic E-state index is -0.795. The molecule has 7 heteroatoms. The van der Waals surface area contributed by atoms with Gasteiger partial charge in [0.2, 0.25) is 0 Å². The highest BCUT2D eigenvalue weighted by Crippen LogP contribution is 2.34. The molecule has 0 fully saturated rings. The molecule has 3 N–H and O–H groups in total. The van der Waals surface area contributed by atoms with Crippen molar-refractivity contribution in [1.29, 1.82) is 0 Å². The van der Waals surface area contributed by atoms with Gasteiger partial charge in [-0.05, 0) is 44.0 Å². The quantitative estimate of drug-likeness (QED) is 0.421. The minimum Gasteiger partial charge on any atom is -0.399 e. The number of nitro groups is 1. The molecular formula is C18H20N4O3. The third kappa shape index (κ3) is 3.77. The highest BCUT2D eigenvalue weighted by atomic mass is 16.6. The van der Waals surface area contributed by atoms with Crippen LogP contribution in [0, 0.1) is 10.1 Å². The number of anilines is 1. The monoisotopic (exact) mass is 340 g/mol. The summed E-state index contributed by atoms with van der Waals surface area (Å²) in [4.78, 5) is 11.1. The van der Waals surface area contributed by atoms with Crippen LogP contribution in [0.15, 0.2) is 42.6 Å². The Morgan fingerprint density at radius 2 is 2.08 bits per heavy atom. The van der Waals surface area contributed by atoms with E-state index in [1.165, 1.54) is 6.07 Å². The van der Waals surface area contributed by atoms with Crippen LogP contribution in [0.4, 0.5) is 11.4 Å². The van der Waals surface area contributed by atoms with Gasteiger partial charge in [0.25, 0.3) is 5.69 Å². The average molecular weight is 340 g/mol. The first-order valence-corrected chi connectivity index (χ1v) is 7.97. The average Bonchev–Trinajstić information content (AvgIpc) is 2.93. The van der Waals surface area contributed by atoms with Crippen molar-refractivity contribution in [2.45, 2.75) is 32.4 Å². The zero-order chi connectivity index (χ0) is 18.2. The van der Waals surface area contributed by atoms with Gasteiger partial charge >= 0.3 is 0 Å². The van der Waals surface area contributed by atoms with E-state index in [1.807, 2.05) is 0 Å². The maximum atomic E-state index is 11.5. The van der Waals surface area contributed by atoms with Crippen LogP contribution in [0.1, 0.15) is 20.3 Å². The number of nitrogens with two attached hydrogens (primary N) is 1. The van der Waals surface area contributed by atoms with Crippen molar-refractivity contribution < 1.29 is 10.0 Å². The summed E-state index contributed by atoms with van der Waals surface area (Å²) >= 11 is 0. The molecule has 0 amide bonds. The second-order valence-electron chi connectivity index (χ2n) is 6.77. The molecule has 0 saturated carbocycles. The van der Waals surface area contributed by atoms with E-state index in [0.717, 1.165) is 0 Å². The number of hydrogen-bond acceptors (Lipinski definition) is 5. The zero-order valence-electron chi connectivity index (χ0n) is 14.1. The minimum absolute atomic E-state index is 0.0140. The molecule has 0 spiro atoms. The van der Waals surface area contributed by atoms with E-state index < -0.39 is 10.5 Å². The smallest absolute Gasteiger partial charge is 0.278 e. The number of hydrogen-bond donors (Lipinski definition) is 2. The first kappa shape index (κ1) is 16.9. The number of rotatable bonds is 5. The van der Waals surface area contributed by atoms with E-state index in [0.29, 0.717) is 40.7 Å². The number of nitrogens with zero attached hydrogens (tertiary/aromatic N) is 3. The third-order valence-corrected chi connectivity index (χ3v) is 4.02. The molecule has 130 valence electrons. The topological polar surface area (TPSA) is 107 Å². The van der Waals surface area contributed by atoms with Crippen LogP contribution < -0.4 is 5.73 Å². The van der Waals surface area contributed by atoms with Crippen LogP contribution in [0.2, 0.25) is 0 Å². The van der Waals surface area contributed by atoms with Crippen LogP contribution in [0.5, 0.6) is 0 Å². The van der Waals surface area contributed by atoms with Gasteiger partial charge in [0.1, 0.15) is 0 Å². The van der Waals surface area contributed by atoms with Crippen LogP contribution in [-0.2, 0) is 6.54 Å². The first-order valence-electron chi connectivity index (χ1n) is 7.97. The van der Waals surface area contributed by atoms with Crippen LogP contribution in [0.25, 0.3) is 22.0 Å². The zero-order valence-corrected chi connectivity index (χ0v) is 14.1. The van der Waals surface area contributed by atoms with Crippen LogP contribution >= 0.6 is 0 Å². The van der Waals surface area contributed by atoms with Gasteiger partial charge in [0, 0.05) is 29.9 Å². The highest BCUT2D eigenvalue weighted by Gasteiger charge is 2.19. The molecule has 0 aliphatic carbocycles. The van der Waals surface area contributed by atoms with Gasteiger partial charge in [-0.2, -0.15) is 5.10 Å². The molecule has 1 aromatic heterocycles. The molecular weight excluding hydrogens is 320 g/mol. The van der Waals surface area contributed by atoms with Gasteiger partial charge in [-0.15, -0.1) is 0 Å². The molecule has 0 atom stereocenters. The van der Waals surface area contributed by atoms with E-state index >= 15 is 0 Å². The predicted molar refractivity (Wildman–Crippen MR) is 97.2 cm³/mol. The maximum Gasteiger partial charge on any atom is 0.278 e. The fourth-order valence-corrected chi connectivity index (χ4v) is 2.70. The molecule has 0 radical (unpaired) electrons. The molecule has 3 aromatic rings. The standard InChI is InChI=1S/C18H20N4O3/c1-18(2,23)6-7-21-11-13-9-17(22(24)25)15(10-16(13)20-21)12-4-3-5-14(19)8-12/h3-5,8-11,23H,6-7,19H2,1-2H3. The van der Waals surface area contributed by atoms with E-state index in [2.05, 4.69) is 5.10 Å². The van der Waals surface area contributed by atoms with E-state index in [4.69, 9.17) is 5.73 Å². The Bertz CT molecular complexity index is 941. The van der Waals surface area contributed by atoms with Gasteiger partial charge < -0.3 is 10.8 Å². The summed E-state index contributed by atoms with van der Waals surface area (Å²) in [6.45, 7) is 4.00. The molecule has 3 rings (SSSR count). The summed E-state index contributed by atoms with van der Waals surface area (Å²) in [7, 11) is 0. The number of aliphatic hydroxyl groups is 1. The molecule has 7 nitrogen and oxygen atoms in total. The second-order valence-corrected chi connectivity index (χ2v) is 6.77. The van der Waals surface area contributed by atoms with Gasteiger partial charge in [-0.25, -0.2) is 0 Å². The van der Waals surface area contributed by atoms with Gasteiger partial charge in [-0.3, -0.25) is 14.8 Å². The van der Waals surface area contributed by atoms with E-state index in [9.17, 15) is 15.2 Å². The Hall–Kier alpha value is -2.93. The van der Waals surface area contributed by atoms with Gasteiger partial charge in [0.05, 0.1) is 21.6 Å². The summed E-state index contributed by atoms with van der Waals surface area (Å²) in [5.41, 5.74) is 7.40. The number of benzene rings is 2. The number of aromatic nitrogens is 2. The van der Waals surface area contributed by atoms with Crippen molar-refractivity contribution in [1.82, 2.24) is 9.78 Å². The summed E-state index contributed by atoms with van der Waals surface area (Å²) in [6.07, 6.45) is 2.29. The Morgan fingerprint density at radius 3 is 2.72 bits per heavy atom. The molecule has 0 saturated heterocycles. The predicted octanol–water partition coefficient (Wildman–Crippen LogP) is 3.35. The Labute approximate surface area is 144 Å². The van der Waals surface area contributed by atoms with Crippen molar-refractivity contribution in [3.05, 3.63) is 52.7 Å². The van der Waals surface area contributed by atoms with Gasteiger partial charge in [0.15, 0.2) is 0 Å². The highest BCUT2D eigenvalue weighted by molar-refractivity contribution is 5.90. The molecule has 2 aromatic carbocycles. The van der Waals surface area contributed by atoms with Crippen LogP contribution in [0.3, 0.4) is 0 Å². The summed E-state index contributed by atoms with van der Waals surface area (Å²) < 4.78 is 1.70. The van der Waals surface area contributed by atoms with Crippen molar-refractivity contribution in [3.63, 3.8) is 0 Å².